The van der Waals surface area contributed by atoms with Crippen LogP contribution in [0.15, 0.2) is 24.3 Å². The number of carbonyl (C=O) groups is 1. The summed E-state index contributed by atoms with van der Waals surface area (Å²) in [6.45, 7) is 7.93. The predicted molar refractivity (Wildman–Crippen MR) is 108 cm³/mol. The van der Waals surface area contributed by atoms with Gasteiger partial charge in [0.2, 0.25) is 11.9 Å². The van der Waals surface area contributed by atoms with Crippen LogP contribution in [0.4, 0.5) is 11.8 Å². The van der Waals surface area contributed by atoms with Gasteiger partial charge in [-0.2, -0.15) is 4.98 Å². The zero-order valence-corrected chi connectivity index (χ0v) is 16.5. The van der Waals surface area contributed by atoms with Gasteiger partial charge < -0.3 is 20.3 Å². The number of amides is 1. The predicted octanol–water partition coefficient (Wildman–Crippen LogP) is 2.03. The molecule has 148 valence electrons. The molecule has 1 atom stereocenters. The highest BCUT2D eigenvalue weighted by Gasteiger charge is 2.27. The average molecular weight is 381 g/mol. The van der Waals surface area contributed by atoms with Gasteiger partial charge >= 0.3 is 0 Å². The number of nitrogens with two attached hydrogens (primary N) is 1. The van der Waals surface area contributed by atoms with E-state index in [2.05, 4.69) is 42.0 Å². The summed E-state index contributed by atoms with van der Waals surface area (Å²) in [5.74, 6) is 1.34. The third-order valence-electron chi connectivity index (χ3n) is 5.40. The van der Waals surface area contributed by atoms with Crippen LogP contribution >= 0.6 is 0 Å². The number of anilines is 2. The van der Waals surface area contributed by atoms with Crippen molar-refractivity contribution in [3.63, 3.8) is 0 Å². The van der Waals surface area contributed by atoms with Crippen LogP contribution in [0.3, 0.4) is 0 Å². The minimum atomic E-state index is 0.105. The SMILES string of the molecule is Cc1cc(C)cc(CN2CCN(c3cc(C4CCOC4)nc(N)n3)CC2=O)c1. The molecule has 2 saturated heterocycles. The van der Waals surface area contributed by atoms with E-state index in [0.29, 0.717) is 26.2 Å². The number of benzene rings is 1. The van der Waals surface area contributed by atoms with Crippen molar-refractivity contribution in [3.05, 3.63) is 46.6 Å². The molecule has 1 aromatic carbocycles. The van der Waals surface area contributed by atoms with E-state index < -0.39 is 0 Å². The van der Waals surface area contributed by atoms with Crippen molar-refractivity contribution in [2.24, 2.45) is 0 Å². The highest BCUT2D eigenvalue weighted by molar-refractivity contribution is 5.82. The summed E-state index contributed by atoms with van der Waals surface area (Å²) in [4.78, 5) is 25.4. The Morgan fingerprint density at radius 3 is 2.61 bits per heavy atom. The molecule has 7 heteroatoms. The van der Waals surface area contributed by atoms with Crippen LogP contribution in [-0.4, -0.2) is 53.6 Å². The Hall–Kier alpha value is -2.67. The fourth-order valence-electron chi connectivity index (χ4n) is 4.06. The molecular weight excluding hydrogens is 354 g/mol. The smallest absolute Gasteiger partial charge is 0.242 e. The van der Waals surface area contributed by atoms with Crippen molar-refractivity contribution in [1.82, 2.24) is 14.9 Å². The first kappa shape index (κ1) is 18.7. The Morgan fingerprint density at radius 1 is 1.14 bits per heavy atom. The maximum Gasteiger partial charge on any atom is 0.242 e. The van der Waals surface area contributed by atoms with Crippen molar-refractivity contribution >= 4 is 17.7 Å². The van der Waals surface area contributed by atoms with Gasteiger partial charge in [-0.25, -0.2) is 4.98 Å². The zero-order chi connectivity index (χ0) is 19.7. The van der Waals surface area contributed by atoms with Crippen LogP contribution in [0, 0.1) is 13.8 Å². The van der Waals surface area contributed by atoms with Gasteiger partial charge in [-0.15, -0.1) is 0 Å². The normalized spacial score (nSPS) is 20.1. The number of piperazine rings is 1. The summed E-state index contributed by atoms with van der Waals surface area (Å²) in [7, 11) is 0. The number of ether oxygens (including phenoxy) is 1. The molecule has 0 aliphatic carbocycles. The number of carbonyl (C=O) groups excluding carboxylic acids is 1. The summed E-state index contributed by atoms with van der Waals surface area (Å²) in [5, 5.41) is 0. The van der Waals surface area contributed by atoms with Crippen LogP contribution in [0.25, 0.3) is 0 Å². The van der Waals surface area contributed by atoms with E-state index in [1.807, 2.05) is 15.9 Å². The number of nitrogen functional groups attached to an aromatic ring is 1. The lowest BCUT2D eigenvalue weighted by atomic mass is 10.0. The second-order valence-corrected chi connectivity index (χ2v) is 7.80. The van der Waals surface area contributed by atoms with Crippen LogP contribution in [0.2, 0.25) is 0 Å². The molecule has 7 nitrogen and oxygen atoms in total. The number of hydrogen-bond donors (Lipinski definition) is 1. The summed E-state index contributed by atoms with van der Waals surface area (Å²) >= 11 is 0. The Kier molecular flexibility index (Phi) is 5.17. The molecule has 2 aromatic rings. The molecule has 3 heterocycles. The van der Waals surface area contributed by atoms with Crippen molar-refractivity contribution in [2.45, 2.75) is 32.7 Å². The molecular formula is C21H27N5O2. The van der Waals surface area contributed by atoms with Gasteiger partial charge in [0.25, 0.3) is 0 Å². The minimum absolute atomic E-state index is 0.105. The number of nitrogens with zero attached hydrogens (tertiary/aromatic N) is 4. The minimum Gasteiger partial charge on any atom is -0.381 e. The lowest BCUT2D eigenvalue weighted by molar-refractivity contribution is -0.131. The van der Waals surface area contributed by atoms with Gasteiger partial charge in [-0.3, -0.25) is 4.79 Å². The third kappa shape index (κ3) is 4.09. The van der Waals surface area contributed by atoms with Gasteiger partial charge in [0.1, 0.15) is 5.82 Å². The first-order chi connectivity index (χ1) is 13.5. The van der Waals surface area contributed by atoms with E-state index in [0.717, 1.165) is 31.1 Å². The van der Waals surface area contributed by atoms with Gasteiger partial charge in [0.15, 0.2) is 0 Å². The fourth-order valence-corrected chi connectivity index (χ4v) is 4.06. The molecule has 4 rings (SSSR count). The lowest BCUT2D eigenvalue weighted by Gasteiger charge is -2.35. The van der Waals surface area contributed by atoms with Crippen molar-refractivity contribution < 1.29 is 9.53 Å². The Bertz CT molecular complexity index is 859. The number of aryl methyl sites for hydroxylation is 2. The molecule has 2 aliphatic rings. The standard InChI is InChI=1S/C21H27N5O2/c1-14-7-15(2)9-16(8-14)11-26-5-4-25(12-20(26)27)19-10-18(23-21(22)24-19)17-3-6-28-13-17/h7-10,17H,3-6,11-13H2,1-2H3,(H2,22,23,24). The molecule has 1 unspecified atom stereocenters. The van der Waals surface area contributed by atoms with Crippen LogP contribution < -0.4 is 10.6 Å². The monoisotopic (exact) mass is 381 g/mol. The highest BCUT2D eigenvalue weighted by atomic mass is 16.5. The van der Waals surface area contributed by atoms with E-state index >= 15 is 0 Å². The third-order valence-corrected chi connectivity index (χ3v) is 5.40. The van der Waals surface area contributed by atoms with Crippen molar-refractivity contribution in [3.8, 4) is 0 Å². The lowest BCUT2D eigenvalue weighted by Crippen LogP contribution is -2.50. The largest absolute Gasteiger partial charge is 0.381 e. The summed E-state index contributed by atoms with van der Waals surface area (Å²) in [5.41, 5.74) is 10.5. The summed E-state index contributed by atoms with van der Waals surface area (Å²) in [6.07, 6.45) is 0.943. The molecule has 2 fully saturated rings. The van der Waals surface area contributed by atoms with Crippen LogP contribution in [0.5, 0.6) is 0 Å². The van der Waals surface area contributed by atoms with E-state index in [-0.39, 0.29) is 17.8 Å². The second kappa shape index (κ2) is 7.75. The Balaban J connectivity index is 1.46. The van der Waals surface area contributed by atoms with Gasteiger partial charge in [0, 0.05) is 38.2 Å². The summed E-state index contributed by atoms with van der Waals surface area (Å²) in [6, 6.07) is 8.40. The molecule has 0 saturated carbocycles. The molecule has 1 aromatic heterocycles. The van der Waals surface area contributed by atoms with E-state index in [1.54, 1.807) is 0 Å². The van der Waals surface area contributed by atoms with Gasteiger partial charge in [-0.1, -0.05) is 29.3 Å². The molecule has 0 radical (unpaired) electrons. The first-order valence-corrected chi connectivity index (χ1v) is 9.80. The molecule has 2 N–H and O–H groups in total. The highest BCUT2D eigenvalue weighted by Crippen LogP contribution is 2.27. The van der Waals surface area contributed by atoms with Crippen molar-refractivity contribution in [2.75, 3.05) is 43.5 Å². The molecule has 2 aliphatic heterocycles. The Labute approximate surface area is 165 Å². The average Bonchev–Trinajstić information content (AvgIpc) is 3.17. The zero-order valence-electron chi connectivity index (χ0n) is 16.5. The van der Waals surface area contributed by atoms with E-state index in [4.69, 9.17) is 10.5 Å². The number of rotatable bonds is 4. The molecule has 28 heavy (non-hydrogen) atoms. The van der Waals surface area contributed by atoms with Gasteiger partial charge in [-0.05, 0) is 25.8 Å². The maximum absolute atomic E-state index is 12.8. The van der Waals surface area contributed by atoms with Gasteiger partial charge in [0.05, 0.1) is 18.8 Å². The number of aromatic nitrogens is 2. The molecule has 0 spiro atoms. The fraction of sp³-hybridized carbons (Fsp3) is 0.476. The maximum atomic E-state index is 12.8. The number of hydrogen-bond acceptors (Lipinski definition) is 6. The quantitative estimate of drug-likeness (QED) is 0.872. The van der Waals surface area contributed by atoms with Crippen molar-refractivity contribution in [1.29, 1.82) is 0 Å². The van der Waals surface area contributed by atoms with Crippen LogP contribution in [-0.2, 0) is 16.1 Å². The van der Waals surface area contributed by atoms with E-state index in [1.165, 1.54) is 16.7 Å². The van der Waals surface area contributed by atoms with Crippen LogP contribution in [0.1, 0.15) is 34.7 Å². The first-order valence-electron chi connectivity index (χ1n) is 9.80. The molecule has 1 amide bonds. The summed E-state index contributed by atoms with van der Waals surface area (Å²) < 4.78 is 5.47. The topological polar surface area (TPSA) is 84.6 Å². The molecule has 0 bridgehead atoms. The second-order valence-electron chi connectivity index (χ2n) is 7.80. The Morgan fingerprint density at radius 2 is 1.93 bits per heavy atom. The van der Waals surface area contributed by atoms with E-state index in [9.17, 15) is 4.79 Å².